The van der Waals surface area contributed by atoms with Crippen LogP contribution in [0.25, 0.3) is 10.9 Å². The van der Waals surface area contributed by atoms with Crippen molar-refractivity contribution in [2.75, 3.05) is 19.9 Å². The molecule has 0 radical (unpaired) electrons. The lowest BCUT2D eigenvalue weighted by Crippen LogP contribution is -2.35. The van der Waals surface area contributed by atoms with E-state index in [0.717, 1.165) is 12.1 Å². The second-order valence-corrected chi connectivity index (χ2v) is 9.53. The summed E-state index contributed by atoms with van der Waals surface area (Å²) < 4.78 is 13.1. The number of fused-ring (bicyclic) bond motifs is 3. The van der Waals surface area contributed by atoms with Gasteiger partial charge in [0, 0.05) is 42.8 Å². The molecular formula is C26H27N3O4. The highest BCUT2D eigenvalue weighted by Gasteiger charge is 2.52. The van der Waals surface area contributed by atoms with Crippen LogP contribution in [0.15, 0.2) is 48.7 Å². The van der Waals surface area contributed by atoms with E-state index < -0.39 is 0 Å². The SMILES string of the molecule is CC(C)n1cc(CN2C[C@@H]3C(=O)N(Cc4ccc5c(c4)OCO5)C(=O)[C@@H]3C2)c2ccccc21. The highest BCUT2D eigenvalue weighted by molar-refractivity contribution is 6.05. The molecule has 2 amide bonds. The van der Waals surface area contributed by atoms with Crippen LogP contribution in [-0.4, -0.2) is 46.1 Å². The second-order valence-electron chi connectivity index (χ2n) is 9.53. The number of hydrogen-bond donors (Lipinski definition) is 0. The molecule has 0 saturated carbocycles. The summed E-state index contributed by atoms with van der Waals surface area (Å²) >= 11 is 0. The average Bonchev–Trinajstić information content (AvgIpc) is 3.56. The number of likely N-dealkylation sites (tertiary alicyclic amines) is 2. The van der Waals surface area contributed by atoms with Crippen molar-refractivity contribution in [1.29, 1.82) is 0 Å². The molecule has 0 aliphatic carbocycles. The van der Waals surface area contributed by atoms with Crippen LogP contribution < -0.4 is 9.47 Å². The normalized spacial score (nSPS) is 22.2. The van der Waals surface area contributed by atoms with Gasteiger partial charge in [-0.2, -0.15) is 0 Å². The van der Waals surface area contributed by atoms with Gasteiger partial charge < -0.3 is 14.0 Å². The van der Waals surface area contributed by atoms with Crippen molar-refractivity contribution in [2.24, 2.45) is 11.8 Å². The number of para-hydroxylation sites is 1. The Morgan fingerprint density at radius 1 is 0.939 bits per heavy atom. The molecule has 3 aromatic rings. The number of carbonyl (C=O) groups excluding carboxylic acids is 2. The largest absolute Gasteiger partial charge is 0.454 e. The van der Waals surface area contributed by atoms with Gasteiger partial charge in [-0.25, -0.2) is 0 Å². The molecule has 2 aromatic carbocycles. The Balaban J connectivity index is 1.17. The minimum atomic E-state index is -0.259. The van der Waals surface area contributed by atoms with E-state index in [4.69, 9.17) is 9.47 Å². The summed E-state index contributed by atoms with van der Waals surface area (Å²) in [5.41, 5.74) is 3.35. The van der Waals surface area contributed by atoms with Gasteiger partial charge in [0.15, 0.2) is 11.5 Å². The van der Waals surface area contributed by atoms with E-state index in [1.165, 1.54) is 21.4 Å². The van der Waals surface area contributed by atoms with Gasteiger partial charge in [0.25, 0.3) is 0 Å². The molecule has 1 aromatic heterocycles. The molecule has 7 nitrogen and oxygen atoms in total. The van der Waals surface area contributed by atoms with Crippen molar-refractivity contribution in [3.8, 4) is 11.5 Å². The van der Waals surface area contributed by atoms with Crippen LogP contribution in [0.2, 0.25) is 0 Å². The first-order valence-corrected chi connectivity index (χ1v) is 11.5. The topological polar surface area (TPSA) is 64.0 Å². The Morgan fingerprint density at radius 3 is 2.42 bits per heavy atom. The molecule has 2 fully saturated rings. The summed E-state index contributed by atoms with van der Waals surface area (Å²) in [6.07, 6.45) is 2.22. The fraction of sp³-hybridized carbons (Fsp3) is 0.385. The summed E-state index contributed by atoms with van der Waals surface area (Å²) in [5, 5.41) is 1.24. The Kier molecular flexibility index (Phi) is 4.69. The lowest BCUT2D eigenvalue weighted by molar-refractivity contribution is -0.141. The van der Waals surface area contributed by atoms with Crippen molar-refractivity contribution in [3.63, 3.8) is 0 Å². The number of ether oxygens (including phenoxy) is 2. The van der Waals surface area contributed by atoms with Crippen molar-refractivity contribution in [1.82, 2.24) is 14.4 Å². The summed E-state index contributed by atoms with van der Waals surface area (Å²) in [6, 6.07) is 14.4. The fourth-order valence-electron chi connectivity index (χ4n) is 5.47. The van der Waals surface area contributed by atoms with Crippen LogP contribution in [0.4, 0.5) is 0 Å². The Labute approximate surface area is 192 Å². The van der Waals surface area contributed by atoms with Crippen LogP contribution in [0.5, 0.6) is 11.5 Å². The Morgan fingerprint density at radius 2 is 1.67 bits per heavy atom. The molecule has 3 aliphatic heterocycles. The zero-order chi connectivity index (χ0) is 22.7. The van der Waals surface area contributed by atoms with Gasteiger partial charge in [-0.05, 0) is 43.2 Å². The molecular weight excluding hydrogens is 418 g/mol. The van der Waals surface area contributed by atoms with Crippen molar-refractivity contribution in [3.05, 3.63) is 59.8 Å². The number of hydrogen-bond acceptors (Lipinski definition) is 5. The van der Waals surface area contributed by atoms with Gasteiger partial charge in [0.05, 0.1) is 18.4 Å². The maximum absolute atomic E-state index is 13.2. The van der Waals surface area contributed by atoms with Crippen molar-refractivity contribution < 1.29 is 19.1 Å². The first kappa shape index (κ1) is 20.3. The van der Waals surface area contributed by atoms with E-state index in [2.05, 4.69) is 53.8 Å². The molecule has 0 spiro atoms. The second kappa shape index (κ2) is 7.63. The highest BCUT2D eigenvalue weighted by Crippen LogP contribution is 2.37. The minimum absolute atomic E-state index is 0.0604. The van der Waals surface area contributed by atoms with E-state index >= 15 is 0 Å². The number of benzene rings is 2. The highest BCUT2D eigenvalue weighted by atomic mass is 16.7. The van der Waals surface area contributed by atoms with E-state index in [1.807, 2.05) is 18.2 Å². The standard InChI is InChI=1S/C26H27N3O4/c1-16(2)28-12-18(19-5-3-4-6-22(19)28)11-27-13-20-21(14-27)26(31)29(25(20)30)10-17-7-8-23-24(9-17)33-15-32-23/h3-9,12,16,20-21H,10-11,13-15H2,1-2H3/t20-,21+. The zero-order valence-corrected chi connectivity index (χ0v) is 18.9. The van der Waals surface area contributed by atoms with Gasteiger partial charge >= 0.3 is 0 Å². The number of carbonyl (C=O) groups is 2. The van der Waals surface area contributed by atoms with Crippen molar-refractivity contribution >= 4 is 22.7 Å². The van der Waals surface area contributed by atoms with E-state index in [1.54, 1.807) is 0 Å². The lowest BCUT2D eigenvalue weighted by atomic mass is 10.00. The predicted octanol–water partition coefficient (Wildman–Crippen LogP) is 3.57. The van der Waals surface area contributed by atoms with Crippen molar-refractivity contribution in [2.45, 2.75) is 33.0 Å². The van der Waals surface area contributed by atoms with E-state index in [9.17, 15) is 9.59 Å². The molecule has 3 aliphatic rings. The van der Waals surface area contributed by atoms with Crippen LogP contribution in [0, 0.1) is 11.8 Å². The van der Waals surface area contributed by atoms with Gasteiger partial charge in [-0.3, -0.25) is 19.4 Å². The van der Waals surface area contributed by atoms with E-state index in [0.29, 0.717) is 30.6 Å². The average molecular weight is 446 g/mol. The molecule has 4 heterocycles. The Bertz CT molecular complexity index is 1240. The third kappa shape index (κ3) is 3.30. The first-order valence-electron chi connectivity index (χ1n) is 11.5. The first-order chi connectivity index (χ1) is 16.0. The molecule has 0 unspecified atom stereocenters. The maximum Gasteiger partial charge on any atom is 0.234 e. The van der Waals surface area contributed by atoms with Crippen LogP contribution >= 0.6 is 0 Å². The molecule has 6 rings (SSSR count). The third-order valence-electron chi connectivity index (χ3n) is 7.11. The van der Waals surface area contributed by atoms with E-state index in [-0.39, 0.29) is 37.0 Å². The quantitative estimate of drug-likeness (QED) is 0.562. The molecule has 0 bridgehead atoms. The number of amides is 2. The number of imide groups is 1. The molecule has 0 N–H and O–H groups in total. The number of nitrogens with zero attached hydrogens (tertiary/aromatic N) is 3. The smallest absolute Gasteiger partial charge is 0.234 e. The molecule has 2 saturated heterocycles. The number of rotatable bonds is 5. The third-order valence-corrected chi connectivity index (χ3v) is 7.11. The summed E-state index contributed by atoms with van der Waals surface area (Å²) in [6.45, 7) is 6.84. The van der Waals surface area contributed by atoms with Crippen LogP contribution in [0.3, 0.4) is 0 Å². The van der Waals surface area contributed by atoms with Gasteiger partial charge in [-0.15, -0.1) is 0 Å². The Hall–Kier alpha value is -3.32. The summed E-state index contributed by atoms with van der Waals surface area (Å²) in [7, 11) is 0. The monoisotopic (exact) mass is 445 g/mol. The van der Waals surface area contributed by atoms with Crippen LogP contribution in [-0.2, 0) is 22.7 Å². The summed E-state index contributed by atoms with van der Waals surface area (Å²) in [4.78, 5) is 30.0. The van der Waals surface area contributed by atoms with Gasteiger partial charge in [-0.1, -0.05) is 24.3 Å². The molecule has 7 heteroatoms. The predicted molar refractivity (Wildman–Crippen MR) is 123 cm³/mol. The van der Waals surface area contributed by atoms with Gasteiger partial charge in [0.1, 0.15) is 0 Å². The summed E-state index contributed by atoms with van der Waals surface area (Å²) in [5.74, 6) is 0.724. The van der Waals surface area contributed by atoms with Gasteiger partial charge in [0.2, 0.25) is 18.6 Å². The lowest BCUT2D eigenvalue weighted by Gasteiger charge is -2.20. The van der Waals surface area contributed by atoms with Crippen LogP contribution in [0.1, 0.15) is 31.0 Å². The molecule has 170 valence electrons. The fourth-order valence-corrected chi connectivity index (χ4v) is 5.47. The molecule has 2 atom stereocenters. The zero-order valence-electron chi connectivity index (χ0n) is 18.9. The maximum atomic E-state index is 13.2. The molecule has 33 heavy (non-hydrogen) atoms. The minimum Gasteiger partial charge on any atom is -0.454 e. The number of aromatic nitrogens is 1.